The minimum Gasteiger partial charge on any atom is -0.497 e. The van der Waals surface area contributed by atoms with Gasteiger partial charge in [-0.25, -0.2) is 0 Å². The first-order valence-electron chi connectivity index (χ1n) is 8.94. The monoisotopic (exact) mass is 332 g/mol. The van der Waals surface area contributed by atoms with Crippen LogP contribution in [0.2, 0.25) is 0 Å². The number of rotatable bonds is 4. The van der Waals surface area contributed by atoms with Crippen LogP contribution in [-0.2, 0) is 4.79 Å². The lowest BCUT2D eigenvalue weighted by atomic mass is 9.95. The number of benzene rings is 1. The molecule has 0 radical (unpaired) electrons. The molecule has 1 atom stereocenters. The van der Waals surface area contributed by atoms with Gasteiger partial charge in [0.25, 0.3) is 0 Å². The summed E-state index contributed by atoms with van der Waals surface area (Å²) < 4.78 is 11.2. The average Bonchev–Trinajstić information content (AvgIpc) is 2.62. The summed E-state index contributed by atoms with van der Waals surface area (Å²) in [4.78, 5) is 17.0. The summed E-state index contributed by atoms with van der Waals surface area (Å²) in [5, 5.41) is 0. The molecule has 2 aliphatic rings. The van der Waals surface area contributed by atoms with Crippen LogP contribution in [0, 0.1) is 5.92 Å². The molecule has 2 saturated heterocycles. The second kappa shape index (κ2) is 7.88. The maximum atomic E-state index is 12.7. The maximum Gasteiger partial charge on any atom is 0.226 e. The van der Waals surface area contributed by atoms with E-state index in [1.54, 1.807) is 7.11 Å². The molecule has 0 unspecified atom stereocenters. The van der Waals surface area contributed by atoms with Crippen molar-refractivity contribution in [1.29, 1.82) is 0 Å². The van der Waals surface area contributed by atoms with Gasteiger partial charge in [0.1, 0.15) is 17.6 Å². The van der Waals surface area contributed by atoms with E-state index in [2.05, 4.69) is 11.9 Å². The molecular formula is C19H28N2O3. The Labute approximate surface area is 144 Å². The molecule has 1 aromatic rings. The number of amides is 1. The van der Waals surface area contributed by atoms with Gasteiger partial charge in [0.2, 0.25) is 5.91 Å². The smallest absolute Gasteiger partial charge is 0.226 e. The normalized spacial score (nSPS) is 23.1. The number of likely N-dealkylation sites (tertiary alicyclic amines) is 2. The topological polar surface area (TPSA) is 42.0 Å². The first kappa shape index (κ1) is 17.1. The number of ether oxygens (including phenoxy) is 2. The van der Waals surface area contributed by atoms with Crippen LogP contribution in [0.1, 0.15) is 25.7 Å². The molecule has 0 N–H and O–H groups in total. The Morgan fingerprint density at radius 1 is 1.04 bits per heavy atom. The molecule has 24 heavy (non-hydrogen) atoms. The average molecular weight is 332 g/mol. The highest BCUT2D eigenvalue weighted by Gasteiger charge is 2.30. The summed E-state index contributed by atoms with van der Waals surface area (Å²) in [5.41, 5.74) is 0. The largest absolute Gasteiger partial charge is 0.497 e. The summed E-state index contributed by atoms with van der Waals surface area (Å²) in [6.07, 6.45) is 4.16. The zero-order valence-corrected chi connectivity index (χ0v) is 14.7. The third-order valence-electron chi connectivity index (χ3n) is 5.09. The van der Waals surface area contributed by atoms with E-state index in [4.69, 9.17) is 9.47 Å². The van der Waals surface area contributed by atoms with Crippen molar-refractivity contribution in [1.82, 2.24) is 9.80 Å². The molecule has 2 heterocycles. The second-order valence-corrected chi connectivity index (χ2v) is 6.92. The second-order valence-electron chi connectivity index (χ2n) is 6.92. The third-order valence-corrected chi connectivity index (χ3v) is 5.09. The Morgan fingerprint density at radius 2 is 1.71 bits per heavy atom. The van der Waals surface area contributed by atoms with E-state index in [1.165, 1.54) is 0 Å². The number of piperidine rings is 2. The van der Waals surface area contributed by atoms with Crippen LogP contribution in [-0.4, -0.2) is 62.1 Å². The SMILES string of the molecule is COc1ccc(OC2CCN(C(=O)[C@@H]3CCCN(C)C3)CC2)cc1. The van der Waals surface area contributed by atoms with Crippen LogP contribution in [0.3, 0.4) is 0 Å². The Kier molecular flexibility index (Phi) is 5.61. The van der Waals surface area contributed by atoms with Crippen LogP contribution in [0.15, 0.2) is 24.3 Å². The fraction of sp³-hybridized carbons (Fsp3) is 0.632. The van der Waals surface area contributed by atoms with Crippen molar-refractivity contribution in [3.63, 3.8) is 0 Å². The van der Waals surface area contributed by atoms with Crippen LogP contribution in [0.5, 0.6) is 11.5 Å². The van der Waals surface area contributed by atoms with Crippen LogP contribution in [0.25, 0.3) is 0 Å². The van der Waals surface area contributed by atoms with Gasteiger partial charge >= 0.3 is 0 Å². The predicted octanol–water partition coefficient (Wildman–Crippen LogP) is 2.41. The highest BCUT2D eigenvalue weighted by Crippen LogP contribution is 2.24. The maximum absolute atomic E-state index is 12.7. The first-order valence-corrected chi connectivity index (χ1v) is 8.94. The van der Waals surface area contributed by atoms with Crippen LogP contribution < -0.4 is 9.47 Å². The molecule has 0 spiro atoms. The quantitative estimate of drug-likeness (QED) is 0.849. The van der Waals surface area contributed by atoms with E-state index in [0.717, 1.165) is 63.4 Å². The summed E-state index contributed by atoms with van der Waals surface area (Å²) in [5.74, 6) is 2.22. The van der Waals surface area contributed by atoms with Gasteiger partial charge < -0.3 is 19.3 Å². The third kappa shape index (κ3) is 4.20. The summed E-state index contributed by atoms with van der Waals surface area (Å²) in [6, 6.07) is 7.70. The molecule has 2 aliphatic heterocycles. The van der Waals surface area contributed by atoms with Gasteiger partial charge in [-0.1, -0.05) is 0 Å². The molecule has 0 aliphatic carbocycles. The first-order chi connectivity index (χ1) is 11.7. The van der Waals surface area contributed by atoms with Crippen LogP contribution in [0.4, 0.5) is 0 Å². The molecule has 1 aromatic carbocycles. The molecule has 1 amide bonds. The summed E-state index contributed by atoms with van der Waals surface area (Å²) in [6.45, 7) is 3.63. The van der Waals surface area contributed by atoms with Gasteiger partial charge in [-0.15, -0.1) is 0 Å². The van der Waals surface area contributed by atoms with Gasteiger partial charge in [0.15, 0.2) is 0 Å². The predicted molar refractivity (Wildman–Crippen MR) is 93.4 cm³/mol. The number of hydrogen-bond donors (Lipinski definition) is 0. The van der Waals surface area contributed by atoms with E-state index in [9.17, 15) is 4.79 Å². The highest BCUT2D eigenvalue weighted by atomic mass is 16.5. The standard InChI is InChI=1S/C19H28N2O3/c1-20-11-3-4-15(14-20)19(22)21-12-9-18(10-13-21)24-17-7-5-16(23-2)6-8-17/h5-8,15,18H,3-4,9-14H2,1-2H3/t15-/m1/s1. The number of nitrogens with zero attached hydrogens (tertiary/aromatic N) is 2. The molecular weight excluding hydrogens is 304 g/mol. The van der Waals surface area contributed by atoms with Gasteiger partial charge in [-0.3, -0.25) is 4.79 Å². The van der Waals surface area contributed by atoms with Gasteiger partial charge in [-0.05, 0) is 50.7 Å². The zero-order chi connectivity index (χ0) is 16.9. The molecule has 5 heteroatoms. The van der Waals surface area contributed by atoms with Crippen molar-refractivity contribution in [2.75, 3.05) is 40.3 Å². The fourth-order valence-electron chi connectivity index (χ4n) is 3.67. The lowest BCUT2D eigenvalue weighted by Crippen LogP contribution is -2.47. The Hall–Kier alpha value is -1.75. The number of carbonyl (C=O) groups excluding carboxylic acids is 1. The molecule has 5 nitrogen and oxygen atoms in total. The highest BCUT2D eigenvalue weighted by molar-refractivity contribution is 5.79. The van der Waals surface area contributed by atoms with E-state index in [0.29, 0.717) is 5.91 Å². The van der Waals surface area contributed by atoms with Crippen molar-refractivity contribution in [2.45, 2.75) is 31.8 Å². The van der Waals surface area contributed by atoms with Crippen molar-refractivity contribution in [3.8, 4) is 11.5 Å². The van der Waals surface area contributed by atoms with Crippen molar-refractivity contribution >= 4 is 5.91 Å². The van der Waals surface area contributed by atoms with Crippen molar-refractivity contribution in [3.05, 3.63) is 24.3 Å². The minimum absolute atomic E-state index is 0.183. The Bertz CT molecular complexity index is 538. The Morgan fingerprint density at radius 3 is 2.33 bits per heavy atom. The van der Waals surface area contributed by atoms with Crippen molar-refractivity contribution in [2.24, 2.45) is 5.92 Å². The van der Waals surface area contributed by atoms with Gasteiger partial charge in [-0.2, -0.15) is 0 Å². The number of methoxy groups -OCH3 is 1. The zero-order valence-electron chi connectivity index (χ0n) is 14.7. The summed E-state index contributed by atoms with van der Waals surface area (Å²) in [7, 11) is 3.76. The Balaban J connectivity index is 1.47. The molecule has 0 aromatic heterocycles. The number of hydrogen-bond acceptors (Lipinski definition) is 4. The molecule has 2 fully saturated rings. The van der Waals surface area contributed by atoms with Crippen LogP contribution >= 0.6 is 0 Å². The van der Waals surface area contributed by atoms with Gasteiger partial charge in [0, 0.05) is 32.5 Å². The summed E-state index contributed by atoms with van der Waals surface area (Å²) >= 11 is 0. The van der Waals surface area contributed by atoms with E-state index < -0.39 is 0 Å². The van der Waals surface area contributed by atoms with E-state index in [1.807, 2.05) is 29.2 Å². The molecule has 3 rings (SSSR count). The minimum atomic E-state index is 0.183. The number of carbonyl (C=O) groups is 1. The van der Waals surface area contributed by atoms with Gasteiger partial charge in [0.05, 0.1) is 13.0 Å². The van der Waals surface area contributed by atoms with E-state index >= 15 is 0 Å². The molecule has 132 valence electrons. The van der Waals surface area contributed by atoms with Crippen molar-refractivity contribution < 1.29 is 14.3 Å². The molecule has 0 saturated carbocycles. The molecule has 0 bridgehead atoms. The lowest BCUT2D eigenvalue weighted by Gasteiger charge is -2.36. The lowest BCUT2D eigenvalue weighted by molar-refractivity contribution is -0.139. The fourth-order valence-corrected chi connectivity index (χ4v) is 3.67. The van der Waals surface area contributed by atoms with E-state index in [-0.39, 0.29) is 12.0 Å².